The Hall–Kier alpha value is -6.69. The standard InChI is InChI=1S/C50H49ClF2N8O7/c1-27-43(28(2)56(3)55-27)44-37(51)12-11-34-33(7-5-21-68-41-8-4-6-29-22-30(52)9-10-32(29)41)46(50(66)67)60(45(34)44)20-15-57-25-31(26-57)58-16-18-59(19-17-58)40-24-36-35(23-38(40)53)48(64)61(49(36)65)39-13-14-42(62)54-47(39)63/h4,6,8-12,22-24,31,39H,5,7,13-21,25-26H2,1-3H3,(H,66,67)(H,54,62,63). The lowest BCUT2D eigenvalue weighted by Gasteiger charge is -2.48. The molecule has 2 N–H and O–H groups in total. The molecule has 4 amide bonds. The first-order valence-electron chi connectivity index (χ1n) is 22.8. The molecule has 6 aromatic rings. The van der Waals surface area contributed by atoms with Crippen molar-refractivity contribution in [2.24, 2.45) is 7.05 Å². The van der Waals surface area contributed by atoms with Crippen molar-refractivity contribution in [2.75, 3.05) is 57.3 Å². The summed E-state index contributed by atoms with van der Waals surface area (Å²) in [4.78, 5) is 71.7. The number of carbonyl (C=O) groups is 5. The Morgan fingerprint density at radius 1 is 0.912 bits per heavy atom. The minimum Gasteiger partial charge on any atom is -0.493 e. The maximum Gasteiger partial charge on any atom is 0.352 e. The maximum absolute atomic E-state index is 15.7. The summed E-state index contributed by atoms with van der Waals surface area (Å²) >= 11 is 7.07. The SMILES string of the molecule is Cc1nn(C)c(C)c1-c1c(Cl)ccc2c(CCCOc3cccc4cc(F)ccc34)c(C(=O)O)n(CCN3CC(N4CCN(c5cc6c(cc5F)C(=O)N(C5CCC(=O)NC5=O)C6=O)CC4)C3)c12. The minimum atomic E-state index is -1.14. The van der Waals surface area contributed by atoms with Crippen LogP contribution in [0.15, 0.2) is 60.7 Å². The lowest BCUT2D eigenvalue weighted by Crippen LogP contribution is -2.63. The number of fused-ring (bicyclic) bond motifs is 3. The van der Waals surface area contributed by atoms with E-state index in [1.54, 1.807) is 10.7 Å². The van der Waals surface area contributed by atoms with Crippen molar-refractivity contribution in [3.8, 4) is 16.9 Å². The fraction of sp³-hybridized carbons (Fsp3) is 0.360. The molecule has 6 heterocycles. The van der Waals surface area contributed by atoms with Gasteiger partial charge in [-0.3, -0.25) is 43.9 Å². The van der Waals surface area contributed by atoms with Gasteiger partial charge in [-0.15, -0.1) is 0 Å². The van der Waals surface area contributed by atoms with Gasteiger partial charge in [-0.05, 0) is 86.5 Å². The smallest absolute Gasteiger partial charge is 0.352 e. The van der Waals surface area contributed by atoms with Gasteiger partial charge in [-0.25, -0.2) is 13.6 Å². The number of nitrogens with one attached hydrogen (secondary N) is 1. The first-order chi connectivity index (χ1) is 32.7. The van der Waals surface area contributed by atoms with Crippen molar-refractivity contribution < 1.29 is 42.6 Å². The molecule has 1 atom stereocenters. The number of imide groups is 2. The number of amides is 4. The molecule has 4 aromatic carbocycles. The molecule has 15 nitrogen and oxygen atoms in total. The number of piperidine rings is 1. The van der Waals surface area contributed by atoms with Crippen LogP contribution in [0, 0.1) is 25.5 Å². The van der Waals surface area contributed by atoms with Crippen molar-refractivity contribution in [1.82, 2.24) is 34.4 Å². The molecule has 0 aliphatic carbocycles. The summed E-state index contributed by atoms with van der Waals surface area (Å²) < 4.78 is 39.5. The summed E-state index contributed by atoms with van der Waals surface area (Å²) in [5.74, 6) is -4.01. The second-order valence-corrected chi connectivity index (χ2v) is 18.5. The van der Waals surface area contributed by atoms with Crippen LogP contribution in [-0.2, 0) is 29.6 Å². The molecule has 18 heteroatoms. The van der Waals surface area contributed by atoms with Gasteiger partial charge in [-0.1, -0.05) is 29.8 Å². The molecule has 1 unspecified atom stereocenters. The van der Waals surface area contributed by atoms with Gasteiger partial charge in [0.1, 0.15) is 29.1 Å². The third-order valence-corrected chi connectivity index (χ3v) is 14.4. The minimum absolute atomic E-state index is 0.00994. The van der Waals surface area contributed by atoms with Crippen molar-refractivity contribution >= 4 is 68.6 Å². The first kappa shape index (κ1) is 45.1. The zero-order chi connectivity index (χ0) is 47.7. The Bertz CT molecular complexity index is 3100. The molecule has 4 aliphatic rings. The van der Waals surface area contributed by atoms with E-state index >= 15 is 4.39 Å². The molecule has 2 aromatic heterocycles. The van der Waals surface area contributed by atoms with Crippen molar-refractivity contribution in [2.45, 2.75) is 58.2 Å². The second-order valence-electron chi connectivity index (χ2n) is 18.1. The van der Waals surface area contributed by atoms with Crippen LogP contribution in [0.3, 0.4) is 0 Å². The van der Waals surface area contributed by atoms with Gasteiger partial charge in [0.05, 0.1) is 39.7 Å². The number of aromatic nitrogens is 3. The van der Waals surface area contributed by atoms with E-state index < -0.39 is 41.5 Å². The summed E-state index contributed by atoms with van der Waals surface area (Å²) in [6.45, 7) is 8.89. The number of halogens is 3. The van der Waals surface area contributed by atoms with Gasteiger partial charge < -0.3 is 19.3 Å². The highest BCUT2D eigenvalue weighted by Gasteiger charge is 2.45. The van der Waals surface area contributed by atoms with Crippen molar-refractivity contribution in [3.05, 3.63) is 111 Å². The predicted octanol–water partition coefficient (Wildman–Crippen LogP) is 6.36. The molecule has 352 valence electrons. The van der Waals surface area contributed by atoms with Crippen LogP contribution < -0.4 is 15.0 Å². The van der Waals surface area contributed by atoms with Gasteiger partial charge in [0, 0.05) is 99.5 Å². The number of benzene rings is 4. The van der Waals surface area contributed by atoms with Gasteiger partial charge in [0.15, 0.2) is 0 Å². The van der Waals surface area contributed by atoms with Crippen LogP contribution in [0.5, 0.6) is 5.75 Å². The molecule has 10 rings (SSSR count). The Morgan fingerprint density at radius 3 is 2.35 bits per heavy atom. The molecule has 3 fully saturated rings. The average Bonchev–Trinajstić information content (AvgIpc) is 3.84. The highest BCUT2D eigenvalue weighted by Crippen LogP contribution is 2.42. The predicted molar refractivity (Wildman–Crippen MR) is 250 cm³/mol. The highest BCUT2D eigenvalue weighted by atomic mass is 35.5. The van der Waals surface area contributed by atoms with Crippen LogP contribution in [0.1, 0.15) is 67.4 Å². The maximum atomic E-state index is 15.7. The number of aryl methyl sites for hydroxylation is 3. The monoisotopic (exact) mass is 946 g/mol. The van der Waals surface area contributed by atoms with Gasteiger partial charge in [-0.2, -0.15) is 5.10 Å². The van der Waals surface area contributed by atoms with E-state index in [9.17, 15) is 33.5 Å². The molecule has 0 saturated carbocycles. The fourth-order valence-electron chi connectivity index (χ4n) is 10.6. The Labute approximate surface area is 394 Å². The molecule has 68 heavy (non-hydrogen) atoms. The lowest BCUT2D eigenvalue weighted by molar-refractivity contribution is -0.136. The summed E-state index contributed by atoms with van der Waals surface area (Å²) in [5.41, 5.74) is 5.05. The number of hydrogen-bond acceptors (Lipinski definition) is 10. The third-order valence-electron chi connectivity index (χ3n) is 14.1. The number of anilines is 1. The average molecular weight is 947 g/mol. The summed E-state index contributed by atoms with van der Waals surface area (Å²) in [6.07, 6.45) is 0.933. The van der Waals surface area contributed by atoms with E-state index in [2.05, 4.69) is 20.2 Å². The second kappa shape index (κ2) is 17.8. The van der Waals surface area contributed by atoms with E-state index in [1.165, 1.54) is 18.2 Å². The van der Waals surface area contributed by atoms with E-state index in [0.717, 1.165) is 68.2 Å². The fourth-order valence-corrected chi connectivity index (χ4v) is 10.9. The number of piperazine rings is 1. The van der Waals surface area contributed by atoms with Gasteiger partial charge >= 0.3 is 5.97 Å². The number of likely N-dealkylation sites (tertiary alicyclic amines) is 1. The number of carboxylic acid groups (broad SMARTS) is 1. The largest absolute Gasteiger partial charge is 0.493 e. The zero-order valence-corrected chi connectivity index (χ0v) is 38.5. The molecule has 0 radical (unpaired) electrons. The normalized spacial score (nSPS) is 18.2. The number of carboxylic acids is 1. The highest BCUT2D eigenvalue weighted by molar-refractivity contribution is 6.35. The number of rotatable bonds is 13. The molecule has 3 saturated heterocycles. The van der Waals surface area contributed by atoms with E-state index in [0.29, 0.717) is 75.1 Å². The first-order valence-corrected chi connectivity index (χ1v) is 23.2. The van der Waals surface area contributed by atoms with E-state index in [1.807, 2.05) is 60.7 Å². The quantitative estimate of drug-likeness (QED) is 0.0979. The topological polar surface area (TPSA) is 163 Å². The van der Waals surface area contributed by atoms with E-state index in [-0.39, 0.29) is 47.2 Å². The Kier molecular flexibility index (Phi) is 11.8. The Balaban J connectivity index is 0.832. The molecular weight excluding hydrogens is 898 g/mol. The summed E-state index contributed by atoms with van der Waals surface area (Å²) in [7, 11) is 1.87. The van der Waals surface area contributed by atoms with Crippen LogP contribution in [0.25, 0.3) is 32.8 Å². The number of nitrogens with zero attached hydrogens (tertiary/aromatic N) is 7. The van der Waals surface area contributed by atoms with Crippen molar-refractivity contribution in [1.29, 1.82) is 0 Å². The number of carbonyl (C=O) groups excluding carboxylic acids is 4. The lowest BCUT2D eigenvalue weighted by atomic mass is 9.98. The van der Waals surface area contributed by atoms with Crippen LogP contribution in [-0.4, -0.2) is 128 Å². The molecule has 0 spiro atoms. The molecular formula is C50H49ClF2N8O7. The van der Waals surface area contributed by atoms with Crippen molar-refractivity contribution in [3.63, 3.8) is 0 Å². The molecule has 4 aliphatic heterocycles. The Morgan fingerprint density at radius 2 is 1.65 bits per heavy atom. The number of ether oxygens (including phenoxy) is 1. The van der Waals surface area contributed by atoms with E-state index in [4.69, 9.17) is 16.3 Å². The number of aromatic carboxylic acids is 1. The third kappa shape index (κ3) is 7.85. The summed E-state index contributed by atoms with van der Waals surface area (Å²) in [6, 6.07) is 15.3. The zero-order valence-electron chi connectivity index (χ0n) is 37.8. The van der Waals surface area contributed by atoms with Crippen LogP contribution >= 0.6 is 11.6 Å². The van der Waals surface area contributed by atoms with Gasteiger partial charge in [0.2, 0.25) is 11.8 Å². The number of hydrogen-bond donors (Lipinski definition) is 2. The molecule has 0 bridgehead atoms. The van der Waals surface area contributed by atoms with Gasteiger partial charge in [0.25, 0.3) is 11.8 Å². The summed E-state index contributed by atoms with van der Waals surface area (Å²) in [5, 5.41) is 20.6. The van der Waals surface area contributed by atoms with Crippen LogP contribution in [0.2, 0.25) is 5.02 Å². The van der Waals surface area contributed by atoms with Crippen LogP contribution in [0.4, 0.5) is 14.5 Å².